The third kappa shape index (κ3) is 3.35. The molecule has 0 saturated heterocycles. The van der Waals surface area contributed by atoms with Crippen LogP contribution in [0.3, 0.4) is 0 Å². The summed E-state index contributed by atoms with van der Waals surface area (Å²) in [7, 11) is 4.01. The number of rotatable bonds is 6. The van der Waals surface area contributed by atoms with Crippen LogP contribution in [0.25, 0.3) is 0 Å². The van der Waals surface area contributed by atoms with Crippen LogP contribution in [0.5, 0.6) is 5.75 Å². The molecule has 2 aliphatic rings. The smallest absolute Gasteiger partial charge is 0.406 e. The van der Waals surface area contributed by atoms with Gasteiger partial charge in [0.25, 0.3) is 0 Å². The normalized spacial score (nSPS) is 32.3. The van der Waals surface area contributed by atoms with Crippen LogP contribution in [0.2, 0.25) is 0 Å². The van der Waals surface area contributed by atoms with Crippen LogP contribution in [0.15, 0.2) is 24.3 Å². The van der Waals surface area contributed by atoms with E-state index in [1.54, 1.807) is 12.1 Å². The maximum atomic E-state index is 12.5. The van der Waals surface area contributed by atoms with Gasteiger partial charge in [0.15, 0.2) is 0 Å². The molecule has 0 radical (unpaired) electrons. The van der Waals surface area contributed by atoms with E-state index in [1.807, 2.05) is 14.1 Å². The quantitative estimate of drug-likeness (QED) is 0.671. The van der Waals surface area contributed by atoms with Crippen molar-refractivity contribution >= 4 is 0 Å². The second-order valence-electron chi connectivity index (χ2n) is 9.04. The van der Waals surface area contributed by atoms with E-state index >= 15 is 0 Å². The summed E-state index contributed by atoms with van der Waals surface area (Å²) in [6.45, 7) is 8.30. The molecular formula is C21H30F3NO2. The summed E-state index contributed by atoms with van der Waals surface area (Å²) in [5, 5.41) is 0. The molecule has 152 valence electrons. The van der Waals surface area contributed by atoms with Crippen molar-refractivity contribution in [2.45, 2.75) is 52.0 Å². The van der Waals surface area contributed by atoms with E-state index in [2.05, 4.69) is 30.4 Å². The van der Waals surface area contributed by atoms with Crippen LogP contribution in [0.4, 0.5) is 13.2 Å². The second-order valence-corrected chi connectivity index (χ2v) is 9.04. The minimum Gasteiger partial charge on any atom is -0.406 e. The average Bonchev–Trinajstić information content (AvgIpc) is 2.86. The van der Waals surface area contributed by atoms with Crippen LogP contribution >= 0.6 is 0 Å². The van der Waals surface area contributed by atoms with Crippen molar-refractivity contribution in [2.75, 3.05) is 27.2 Å². The van der Waals surface area contributed by atoms with Crippen molar-refractivity contribution in [1.29, 1.82) is 0 Å². The maximum Gasteiger partial charge on any atom is 0.573 e. The molecule has 2 saturated carbocycles. The van der Waals surface area contributed by atoms with Crippen LogP contribution in [-0.2, 0) is 10.3 Å². The Balaban J connectivity index is 1.94. The van der Waals surface area contributed by atoms with Gasteiger partial charge in [-0.1, -0.05) is 32.9 Å². The fraction of sp³-hybridized carbons (Fsp3) is 0.714. The molecule has 1 aromatic rings. The number of fused-ring (bicyclic) bond motifs is 2. The highest BCUT2D eigenvalue weighted by Crippen LogP contribution is 2.73. The highest BCUT2D eigenvalue weighted by Gasteiger charge is 2.70. The number of nitrogens with zero attached hydrogens (tertiary/aromatic N) is 1. The van der Waals surface area contributed by atoms with E-state index in [9.17, 15) is 13.2 Å². The molecular weight excluding hydrogens is 355 g/mol. The summed E-state index contributed by atoms with van der Waals surface area (Å²) >= 11 is 0. The van der Waals surface area contributed by atoms with Gasteiger partial charge in [-0.25, -0.2) is 0 Å². The summed E-state index contributed by atoms with van der Waals surface area (Å²) in [4.78, 5) is 2.08. The van der Waals surface area contributed by atoms with Crippen molar-refractivity contribution in [3.8, 4) is 5.75 Å². The minimum atomic E-state index is -4.68. The van der Waals surface area contributed by atoms with Gasteiger partial charge in [0.1, 0.15) is 5.75 Å². The van der Waals surface area contributed by atoms with Gasteiger partial charge in [-0.05, 0) is 62.4 Å². The highest BCUT2D eigenvalue weighted by molar-refractivity contribution is 5.36. The Hall–Kier alpha value is -1.27. The average molecular weight is 385 g/mol. The van der Waals surface area contributed by atoms with E-state index in [0.29, 0.717) is 12.5 Å². The molecule has 3 rings (SSSR count). The van der Waals surface area contributed by atoms with Crippen molar-refractivity contribution in [3.63, 3.8) is 0 Å². The summed E-state index contributed by atoms with van der Waals surface area (Å²) < 4.78 is 48.1. The first kappa shape index (κ1) is 20.5. The lowest BCUT2D eigenvalue weighted by Crippen LogP contribution is -2.47. The second kappa shape index (κ2) is 6.66. The van der Waals surface area contributed by atoms with Crippen molar-refractivity contribution in [3.05, 3.63) is 29.8 Å². The molecule has 0 aliphatic heterocycles. The maximum absolute atomic E-state index is 12.5. The van der Waals surface area contributed by atoms with Crippen molar-refractivity contribution in [2.24, 2.45) is 16.7 Å². The number of hydrogen-bond donors (Lipinski definition) is 0. The fourth-order valence-corrected chi connectivity index (χ4v) is 5.31. The van der Waals surface area contributed by atoms with Gasteiger partial charge >= 0.3 is 6.36 Å². The Labute approximate surface area is 159 Å². The topological polar surface area (TPSA) is 21.7 Å². The molecule has 1 aromatic carbocycles. The number of ether oxygens (including phenoxy) is 2. The first-order chi connectivity index (χ1) is 12.4. The molecule has 3 unspecified atom stereocenters. The van der Waals surface area contributed by atoms with Crippen LogP contribution in [0.1, 0.15) is 45.6 Å². The van der Waals surface area contributed by atoms with Gasteiger partial charge in [0.2, 0.25) is 0 Å². The molecule has 0 spiro atoms. The van der Waals surface area contributed by atoms with E-state index in [4.69, 9.17) is 4.74 Å². The van der Waals surface area contributed by atoms with Crippen LogP contribution in [-0.4, -0.2) is 38.5 Å². The van der Waals surface area contributed by atoms with Gasteiger partial charge in [-0.3, -0.25) is 0 Å². The Kier molecular flexibility index (Phi) is 5.05. The highest BCUT2D eigenvalue weighted by atomic mass is 19.4. The summed E-state index contributed by atoms with van der Waals surface area (Å²) in [6.07, 6.45) is -1.53. The molecule has 0 N–H and O–H groups in total. The molecule has 2 aliphatic carbocycles. The zero-order valence-corrected chi connectivity index (χ0v) is 16.8. The summed E-state index contributed by atoms with van der Waals surface area (Å²) in [6, 6.07) is 6.31. The van der Waals surface area contributed by atoms with Gasteiger partial charge in [0, 0.05) is 12.0 Å². The van der Waals surface area contributed by atoms with Gasteiger partial charge in [0.05, 0.1) is 12.2 Å². The number of alkyl halides is 3. The lowest BCUT2D eigenvalue weighted by molar-refractivity contribution is -0.274. The number of halogens is 3. The van der Waals surface area contributed by atoms with Crippen molar-refractivity contribution in [1.82, 2.24) is 4.90 Å². The number of hydrogen-bond acceptors (Lipinski definition) is 3. The molecule has 6 heteroatoms. The van der Waals surface area contributed by atoms with E-state index < -0.39 is 12.0 Å². The van der Waals surface area contributed by atoms with Gasteiger partial charge in [-0.15, -0.1) is 13.2 Å². The molecule has 0 heterocycles. The molecule has 2 fully saturated rings. The Bertz CT molecular complexity index is 671. The Morgan fingerprint density at radius 2 is 1.74 bits per heavy atom. The third-order valence-corrected chi connectivity index (χ3v) is 7.30. The SMILES string of the molecule is CN(C)CCOC1(c2ccc(OC(F)(F)F)cc2)CC2CCC1(C)C2(C)C. The number of benzene rings is 1. The number of likely N-dealkylation sites (N-methyl/N-ethyl adjacent to an activating group) is 1. The zero-order valence-electron chi connectivity index (χ0n) is 16.8. The Morgan fingerprint density at radius 1 is 1.11 bits per heavy atom. The Morgan fingerprint density at radius 3 is 2.19 bits per heavy atom. The molecule has 0 amide bonds. The molecule has 3 nitrogen and oxygen atoms in total. The summed E-state index contributed by atoms with van der Waals surface area (Å²) in [5.41, 5.74) is 0.524. The first-order valence-corrected chi connectivity index (χ1v) is 9.56. The standard InChI is InChI=1S/C21H30F3NO2/c1-18(2)16-10-11-19(18,3)20(14-16,26-13-12-25(4)5)15-6-8-17(9-7-15)27-21(22,23)24/h6-9,16H,10-14H2,1-5H3. The van der Waals surface area contributed by atoms with E-state index in [-0.39, 0.29) is 16.6 Å². The zero-order chi connectivity index (χ0) is 20.1. The van der Waals surface area contributed by atoms with Gasteiger partial charge in [-0.2, -0.15) is 0 Å². The molecule has 27 heavy (non-hydrogen) atoms. The first-order valence-electron chi connectivity index (χ1n) is 9.56. The lowest BCUT2D eigenvalue weighted by atomic mass is 9.62. The lowest BCUT2D eigenvalue weighted by Gasteiger charge is -2.49. The largest absolute Gasteiger partial charge is 0.573 e. The third-order valence-electron chi connectivity index (χ3n) is 7.30. The molecule has 2 bridgehead atoms. The van der Waals surface area contributed by atoms with Crippen LogP contribution < -0.4 is 4.74 Å². The fourth-order valence-electron chi connectivity index (χ4n) is 5.31. The molecule has 3 atom stereocenters. The van der Waals surface area contributed by atoms with Crippen molar-refractivity contribution < 1.29 is 22.6 Å². The van der Waals surface area contributed by atoms with E-state index in [0.717, 1.165) is 24.9 Å². The molecule has 0 aromatic heterocycles. The predicted molar refractivity (Wildman–Crippen MR) is 98.5 cm³/mol. The van der Waals surface area contributed by atoms with E-state index in [1.165, 1.54) is 18.6 Å². The monoisotopic (exact) mass is 385 g/mol. The van der Waals surface area contributed by atoms with Crippen LogP contribution in [0, 0.1) is 16.7 Å². The predicted octanol–water partition coefficient (Wildman–Crippen LogP) is 5.20. The van der Waals surface area contributed by atoms with Gasteiger partial charge < -0.3 is 14.4 Å². The minimum absolute atomic E-state index is 0.0661. The summed E-state index contributed by atoms with van der Waals surface area (Å²) in [5.74, 6) is 0.357.